The van der Waals surface area contributed by atoms with Crippen LogP contribution < -0.4 is 11.1 Å². The van der Waals surface area contributed by atoms with E-state index in [1.54, 1.807) is 0 Å². The van der Waals surface area contributed by atoms with Crippen molar-refractivity contribution in [2.45, 2.75) is 12.5 Å². The van der Waals surface area contributed by atoms with Gasteiger partial charge in [0, 0.05) is 17.8 Å². The third kappa shape index (κ3) is 3.01. The molecule has 1 aromatic carbocycles. The molecular formula is C11H12F2N2O3S. The maximum atomic E-state index is 13.0. The van der Waals surface area contributed by atoms with Crippen LogP contribution in [0, 0.1) is 11.6 Å². The van der Waals surface area contributed by atoms with Gasteiger partial charge in [-0.05, 0) is 12.5 Å². The Labute approximate surface area is 108 Å². The maximum absolute atomic E-state index is 13.0. The Morgan fingerprint density at radius 3 is 2.53 bits per heavy atom. The second-order valence-corrected chi connectivity index (χ2v) is 6.66. The van der Waals surface area contributed by atoms with Crippen molar-refractivity contribution in [1.82, 2.24) is 5.32 Å². The number of amides is 1. The lowest BCUT2D eigenvalue weighted by atomic mass is 10.1. The van der Waals surface area contributed by atoms with Crippen LogP contribution in [-0.4, -0.2) is 31.9 Å². The highest BCUT2D eigenvalue weighted by molar-refractivity contribution is 7.91. The number of halogens is 2. The van der Waals surface area contributed by atoms with Gasteiger partial charge in [-0.3, -0.25) is 4.79 Å². The highest BCUT2D eigenvalue weighted by atomic mass is 32.2. The molecule has 0 saturated carbocycles. The summed E-state index contributed by atoms with van der Waals surface area (Å²) in [7, 11) is -3.13. The number of sulfone groups is 1. The zero-order valence-electron chi connectivity index (χ0n) is 9.82. The molecule has 1 atom stereocenters. The minimum absolute atomic E-state index is 0.00517. The second kappa shape index (κ2) is 4.76. The highest BCUT2D eigenvalue weighted by Crippen LogP contribution is 2.18. The van der Waals surface area contributed by atoms with E-state index in [1.807, 2.05) is 0 Å². The topological polar surface area (TPSA) is 89.3 Å². The molecule has 0 radical (unpaired) electrons. The van der Waals surface area contributed by atoms with Gasteiger partial charge >= 0.3 is 0 Å². The molecule has 1 heterocycles. The van der Waals surface area contributed by atoms with Gasteiger partial charge in [0.25, 0.3) is 5.91 Å². The van der Waals surface area contributed by atoms with E-state index >= 15 is 0 Å². The summed E-state index contributed by atoms with van der Waals surface area (Å²) in [5, 5.41) is 2.45. The van der Waals surface area contributed by atoms with Gasteiger partial charge in [-0.25, -0.2) is 17.2 Å². The molecule has 1 amide bonds. The van der Waals surface area contributed by atoms with Crippen molar-refractivity contribution in [2.24, 2.45) is 0 Å². The molecule has 104 valence electrons. The normalized spacial score (nSPS) is 21.3. The maximum Gasteiger partial charge on any atom is 0.253 e. The Kier molecular flexibility index (Phi) is 3.44. The molecule has 19 heavy (non-hydrogen) atoms. The number of carbonyl (C=O) groups is 1. The van der Waals surface area contributed by atoms with Gasteiger partial charge < -0.3 is 11.1 Å². The average Bonchev–Trinajstić information content (AvgIpc) is 2.63. The minimum atomic E-state index is -3.13. The van der Waals surface area contributed by atoms with Gasteiger partial charge in [-0.2, -0.15) is 0 Å². The van der Waals surface area contributed by atoms with Crippen LogP contribution in [0.5, 0.6) is 0 Å². The van der Waals surface area contributed by atoms with Gasteiger partial charge in [0.2, 0.25) is 0 Å². The van der Waals surface area contributed by atoms with E-state index in [9.17, 15) is 22.0 Å². The number of anilines is 1. The van der Waals surface area contributed by atoms with Crippen LogP contribution in [0.15, 0.2) is 12.1 Å². The number of nitrogens with one attached hydrogen (secondary N) is 1. The molecule has 2 rings (SSSR count). The molecule has 1 aromatic rings. The molecule has 1 aliphatic rings. The van der Waals surface area contributed by atoms with E-state index in [1.165, 1.54) is 0 Å². The molecule has 1 unspecified atom stereocenters. The van der Waals surface area contributed by atoms with E-state index < -0.39 is 33.4 Å². The Hall–Kier alpha value is -1.70. The molecule has 0 spiro atoms. The Bertz CT molecular complexity index is 631. The molecule has 0 bridgehead atoms. The average molecular weight is 290 g/mol. The SMILES string of the molecule is Nc1cc(F)c(F)cc1C(=O)NC1CCS(=O)(=O)C1. The largest absolute Gasteiger partial charge is 0.398 e. The number of carbonyl (C=O) groups excluding carboxylic acids is 1. The fourth-order valence-electron chi connectivity index (χ4n) is 1.93. The smallest absolute Gasteiger partial charge is 0.253 e. The van der Waals surface area contributed by atoms with Crippen LogP contribution in [0.2, 0.25) is 0 Å². The van der Waals surface area contributed by atoms with E-state index in [2.05, 4.69) is 5.32 Å². The lowest BCUT2D eigenvalue weighted by Gasteiger charge is -2.12. The molecule has 3 N–H and O–H groups in total. The molecule has 8 heteroatoms. The third-order valence-corrected chi connectivity index (χ3v) is 4.67. The number of nitrogen functional groups attached to an aromatic ring is 1. The first kappa shape index (κ1) is 13.7. The summed E-state index contributed by atoms with van der Waals surface area (Å²) in [6.07, 6.45) is 0.303. The van der Waals surface area contributed by atoms with Gasteiger partial charge in [0.15, 0.2) is 21.5 Å². The zero-order chi connectivity index (χ0) is 14.2. The fourth-order valence-corrected chi connectivity index (χ4v) is 3.60. The zero-order valence-corrected chi connectivity index (χ0v) is 10.6. The van der Waals surface area contributed by atoms with Crippen LogP contribution in [0.3, 0.4) is 0 Å². The summed E-state index contributed by atoms with van der Waals surface area (Å²) >= 11 is 0. The lowest BCUT2D eigenvalue weighted by Crippen LogP contribution is -2.36. The van der Waals surface area contributed by atoms with Gasteiger partial charge in [-0.15, -0.1) is 0 Å². The Balaban J connectivity index is 2.15. The molecular weight excluding hydrogens is 278 g/mol. The molecule has 1 fully saturated rings. The van der Waals surface area contributed by atoms with E-state index in [4.69, 9.17) is 5.73 Å². The van der Waals surface area contributed by atoms with Crippen molar-refractivity contribution in [3.05, 3.63) is 29.3 Å². The van der Waals surface area contributed by atoms with Crippen molar-refractivity contribution >= 4 is 21.4 Å². The molecule has 1 aliphatic heterocycles. The number of rotatable bonds is 2. The van der Waals surface area contributed by atoms with Crippen LogP contribution in [0.4, 0.5) is 14.5 Å². The summed E-state index contributed by atoms with van der Waals surface area (Å²) in [6.45, 7) is 0. The summed E-state index contributed by atoms with van der Waals surface area (Å²) in [4.78, 5) is 11.8. The molecule has 1 saturated heterocycles. The van der Waals surface area contributed by atoms with Gasteiger partial charge in [0.1, 0.15) is 0 Å². The van der Waals surface area contributed by atoms with Crippen molar-refractivity contribution < 1.29 is 22.0 Å². The molecule has 0 aliphatic carbocycles. The van der Waals surface area contributed by atoms with Crippen LogP contribution in [0.25, 0.3) is 0 Å². The number of hydrogen-bond donors (Lipinski definition) is 2. The van der Waals surface area contributed by atoms with Crippen molar-refractivity contribution in [3.8, 4) is 0 Å². The quantitative estimate of drug-likeness (QED) is 0.775. The van der Waals surface area contributed by atoms with Gasteiger partial charge in [0.05, 0.1) is 17.1 Å². The summed E-state index contributed by atoms with van der Waals surface area (Å²) in [5.41, 5.74) is 5.03. The van der Waals surface area contributed by atoms with Crippen LogP contribution in [-0.2, 0) is 9.84 Å². The monoisotopic (exact) mass is 290 g/mol. The van der Waals surface area contributed by atoms with E-state index in [0.717, 1.165) is 6.07 Å². The third-order valence-electron chi connectivity index (χ3n) is 2.90. The number of benzene rings is 1. The van der Waals surface area contributed by atoms with Crippen molar-refractivity contribution in [2.75, 3.05) is 17.2 Å². The van der Waals surface area contributed by atoms with Crippen molar-refractivity contribution in [1.29, 1.82) is 0 Å². The highest BCUT2D eigenvalue weighted by Gasteiger charge is 2.29. The van der Waals surface area contributed by atoms with Crippen LogP contribution >= 0.6 is 0 Å². The Morgan fingerprint density at radius 2 is 1.95 bits per heavy atom. The first-order valence-corrected chi connectivity index (χ1v) is 7.36. The molecule has 0 aromatic heterocycles. The fraction of sp³-hybridized carbons (Fsp3) is 0.364. The van der Waals surface area contributed by atoms with Crippen molar-refractivity contribution in [3.63, 3.8) is 0 Å². The number of hydrogen-bond acceptors (Lipinski definition) is 4. The standard InChI is InChI=1S/C11H12F2N2O3S/c12-8-3-7(10(14)4-9(8)13)11(16)15-6-1-2-19(17,18)5-6/h3-4,6H,1-2,5,14H2,(H,15,16). The number of nitrogens with two attached hydrogens (primary N) is 1. The van der Waals surface area contributed by atoms with Crippen LogP contribution in [0.1, 0.15) is 16.8 Å². The Morgan fingerprint density at radius 1 is 1.32 bits per heavy atom. The molecule has 5 nitrogen and oxygen atoms in total. The summed E-state index contributed by atoms with van der Waals surface area (Å²) in [5.74, 6) is -3.18. The first-order valence-electron chi connectivity index (χ1n) is 5.54. The van der Waals surface area contributed by atoms with Gasteiger partial charge in [-0.1, -0.05) is 0 Å². The lowest BCUT2D eigenvalue weighted by molar-refractivity contribution is 0.0941. The summed E-state index contributed by atoms with van der Waals surface area (Å²) in [6, 6.07) is 0.893. The minimum Gasteiger partial charge on any atom is -0.398 e. The van der Waals surface area contributed by atoms with E-state index in [0.29, 0.717) is 12.5 Å². The second-order valence-electron chi connectivity index (χ2n) is 4.43. The predicted octanol–water partition coefficient (Wildman–Crippen LogP) is 0.464. The predicted molar refractivity (Wildman–Crippen MR) is 65.3 cm³/mol. The summed E-state index contributed by atoms with van der Waals surface area (Å²) < 4.78 is 48.4. The first-order chi connectivity index (χ1) is 8.78. The van der Waals surface area contributed by atoms with E-state index in [-0.39, 0.29) is 22.8 Å².